The van der Waals surface area contributed by atoms with Gasteiger partial charge in [0.1, 0.15) is 0 Å². The number of aromatic nitrogens is 2. The summed E-state index contributed by atoms with van der Waals surface area (Å²) in [7, 11) is 0. The number of primary amides is 1. The van der Waals surface area contributed by atoms with E-state index >= 15 is 0 Å². The number of H-pyrrole nitrogens is 1. The zero-order valence-electron chi connectivity index (χ0n) is 13.6. The van der Waals surface area contributed by atoms with Crippen LogP contribution in [0, 0.1) is 0 Å². The third kappa shape index (κ3) is 2.93. The molecule has 0 fully saturated rings. The Bertz CT molecular complexity index is 1040. The molecule has 7 nitrogen and oxygen atoms in total. The summed E-state index contributed by atoms with van der Waals surface area (Å²) >= 11 is 0. The van der Waals surface area contributed by atoms with Crippen molar-refractivity contribution in [3.05, 3.63) is 66.1 Å². The summed E-state index contributed by atoms with van der Waals surface area (Å²) in [6.45, 7) is 0. The summed E-state index contributed by atoms with van der Waals surface area (Å²) in [5.74, 6) is -0.204. The second-order valence-electron chi connectivity index (χ2n) is 5.82. The Morgan fingerprint density at radius 1 is 1.19 bits per heavy atom. The number of carbonyl (C=O) groups is 2. The molecule has 5 N–H and O–H groups in total. The fourth-order valence-corrected chi connectivity index (χ4v) is 2.88. The molecular formula is C19H15N5O2. The van der Waals surface area contributed by atoms with Gasteiger partial charge in [-0.25, -0.2) is 4.79 Å². The van der Waals surface area contributed by atoms with Crippen LogP contribution in [0.25, 0.3) is 22.9 Å². The molecule has 1 aromatic carbocycles. The maximum atomic E-state index is 12.3. The number of rotatable bonds is 3. The number of urea groups is 1. The third-order valence-corrected chi connectivity index (χ3v) is 4.04. The van der Waals surface area contributed by atoms with Crippen molar-refractivity contribution < 1.29 is 9.59 Å². The summed E-state index contributed by atoms with van der Waals surface area (Å²) in [4.78, 5) is 30.8. The molecule has 1 aliphatic heterocycles. The van der Waals surface area contributed by atoms with Gasteiger partial charge in [0, 0.05) is 40.6 Å². The molecular weight excluding hydrogens is 330 g/mol. The molecule has 128 valence electrons. The lowest BCUT2D eigenvalue weighted by atomic mass is 10.0. The molecule has 1 aliphatic rings. The second kappa shape index (κ2) is 6.21. The fourth-order valence-electron chi connectivity index (χ4n) is 2.88. The first kappa shape index (κ1) is 15.6. The minimum atomic E-state index is -0.655. The van der Waals surface area contributed by atoms with Crippen LogP contribution in [-0.2, 0) is 4.79 Å². The van der Waals surface area contributed by atoms with Gasteiger partial charge in [0.2, 0.25) is 0 Å². The molecule has 0 unspecified atom stereocenters. The Morgan fingerprint density at radius 2 is 2.08 bits per heavy atom. The zero-order valence-corrected chi connectivity index (χ0v) is 13.6. The molecule has 0 saturated heterocycles. The van der Waals surface area contributed by atoms with E-state index in [0.29, 0.717) is 22.5 Å². The van der Waals surface area contributed by atoms with Crippen molar-refractivity contribution in [2.75, 3.05) is 10.6 Å². The monoisotopic (exact) mass is 345 g/mol. The average Bonchev–Trinajstić information content (AvgIpc) is 3.21. The van der Waals surface area contributed by atoms with E-state index < -0.39 is 6.03 Å². The van der Waals surface area contributed by atoms with E-state index in [9.17, 15) is 9.59 Å². The van der Waals surface area contributed by atoms with Gasteiger partial charge in [-0.2, -0.15) is 0 Å². The van der Waals surface area contributed by atoms with Crippen LogP contribution >= 0.6 is 0 Å². The van der Waals surface area contributed by atoms with Crippen molar-refractivity contribution in [2.24, 2.45) is 5.73 Å². The van der Waals surface area contributed by atoms with Crippen LogP contribution in [0.5, 0.6) is 0 Å². The number of nitrogens with two attached hydrogens (primary N) is 1. The van der Waals surface area contributed by atoms with Gasteiger partial charge in [0.25, 0.3) is 5.91 Å². The van der Waals surface area contributed by atoms with Gasteiger partial charge in [-0.3, -0.25) is 9.78 Å². The maximum Gasteiger partial charge on any atom is 0.316 e. The maximum absolute atomic E-state index is 12.3. The molecule has 2 aromatic heterocycles. The largest absolute Gasteiger partial charge is 0.361 e. The summed E-state index contributed by atoms with van der Waals surface area (Å²) in [6.07, 6.45) is 5.34. The van der Waals surface area contributed by atoms with Gasteiger partial charge in [-0.1, -0.05) is 6.07 Å². The van der Waals surface area contributed by atoms with Crippen molar-refractivity contribution in [1.82, 2.24) is 9.97 Å². The third-order valence-electron chi connectivity index (χ3n) is 4.04. The number of benzene rings is 1. The van der Waals surface area contributed by atoms with Gasteiger partial charge >= 0.3 is 6.03 Å². The molecule has 7 heteroatoms. The number of nitrogens with one attached hydrogen (secondary N) is 3. The number of hydrogen-bond donors (Lipinski definition) is 4. The van der Waals surface area contributed by atoms with Crippen LogP contribution in [0.2, 0.25) is 0 Å². The highest BCUT2D eigenvalue weighted by atomic mass is 16.2. The number of anilines is 2. The molecule has 3 aromatic rings. The van der Waals surface area contributed by atoms with Crippen LogP contribution in [0.15, 0.2) is 54.9 Å². The lowest BCUT2D eigenvalue weighted by molar-refractivity contribution is -0.110. The SMILES string of the molecule is NC(=O)Nc1ccc2c(c1)/C(=C/c1cc(-c3ccccn3)c[nH]1)C(=O)N2. The second-order valence-corrected chi connectivity index (χ2v) is 5.82. The Kier molecular flexibility index (Phi) is 3.74. The summed E-state index contributed by atoms with van der Waals surface area (Å²) in [5.41, 5.74) is 10.1. The smallest absolute Gasteiger partial charge is 0.316 e. The molecule has 0 saturated carbocycles. The van der Waals surface area contributed by atoms with Crippen molar-refractivity contribution in [1.29, 1.82) is 0 Å². The van der Waals surface area contributed by atoms with Crippen LogP contribution in [0.3, 0.4) is 0 Å². The van der Waals surface area contributed by atoms with Crippen LogP contribution < -0.4 is 16.4 Å². The zero-order chi connectivity index (χ0) is 18.1. The van der Waals surface area contributed by atoms with E-state index in [4.69, 9.17) is 5.73 Å². The van der Waals surface area contributed by atoms with E-state index in [1.54, 1.807) is 30.5 Å². The van der Waals surface area contributed by atoms with E-state index in [2.05, 4.69) is 20.6 Å². The molecule has 0 radical (unpaired) electrons. The Morgan fingerprint density at radius 3 is 2.85 bits per heavy atom. The molecule has 0 bridgehead atoms. The number of fused-ring (bicyclic) bond motifs is 1. The minimum Gasteiger partial charge on any atom is -0.361 e. The van der Waals surface area contributed by atoms with Crippen molar-refractivity contribution >= 4 is 35.0 Å². The quantitative estimate of drug-likeness (QED) is 0.547. The van der Waals surface area contributed by atoms with E-state index in [-0.39, 0.29) is 5.91 Å². The Labute approximate surface area is 149 Å². The molecule has 3 heterocycles. The van der Waals surface area contributed by atoms with E-state index in [1.165, 1.54) is 0 Å². The van der Waals surface area contributed by atoms with Gasteiger partial charge in [-0.05, 0) is 42.5 Å². The average molecular weight is 345 g/mol. The fraction of sp³-hybridized carbons (Fsp3) is 0. The minimum absolute atomic E-state index is 0.204. The van der Waals surface area contributed by atoms with Crippen molar-refractivity contribution in [3.8, 4) is 11.3 Å². The number of hydrogen-bond acceptors (Lipinski definition) is 3. The molecule has 4 rings (SSSR count). The Balaban J connectivity index is 1.69. The van der Waals surface area contributed by atoms with Crippen LogP contribution in [0.4, 0.5) is 16.2 Å². The van der Waals surface area contributed by atoms with Crippen molar-refractivity contribution in [3.63, 3.8) is 0 Å². The van der Waals surface area contributed by atoms with E-state index in [0.717, 1.165) is 17.0 Å². The summed E-state index contributed by atoms with van der Waals surface area (Å²) in [5, 5.41) is 5.33. The normalized spacial score (nSPS) is 14.2. The van der Waals surface area contributed by atoms with Crippen molar-refractivity contribution in [2.45, 2.75) is 0 Å². The molecule has 0 aliphatic carbocycles. The van der Waals surface area contributed by atoms with Crippen LogP contribution in [0.1, 0.15) is 11.3 Å². The van der Waals surface area contributed by atoms with Crippen LogP contribution in [-0.4, -0.2) is 21.9 Å². The molecule has 0 atom stereocenters. The number of nitrogens with zero attached hydrogens (tertiary/aromatic N) is 1. The number of amides is 3. The lowest BCUT2D eigenvalue weighted by Gasteiger charge is -2.04. The van der Waals surface area contributed by atoms with E-state index in [1.807, 2.05) is 30.5 Å². The first-order valence-electron chi connectivity index (χ1n) is 7.94. The highest BCUT2D eigenvalue weighted by Crippen LogP contribution is 2.35. The van der Waals surface area contributed by atoms with Gasteiger partial charge in [0.05, 0.1) is 11.3 Å². The molecule has 3 amide bonds. The number of carbonyl (C=O) groups excluding carboxylic acids is 2. The van der Waals surface area contributed by atoms with Gasteiger partial charge in [-0.15, -0.1) is 0 Å². The highest BCUT2D eigenvalue weighted by molar-refractivity contribution is 6.35. The number of aromatic amines is 1. The first-order chi connectivity index (χ1) is 12.6. The predicted molar refractivity (Wildman–Crippen MR) is 100 cm³/mol. The van der Waals surface area contributed by atoms with Gasteiger partial charge in [0.15, 0.2) is 0 Å². The summed E-state index contributed by atoms with van der Waals surface area (Å²) in [6, 6.07) is 12.1. The highest BCUT2D eigenvalue weighted by Gasteiger charge is 2.24. The molecule has 26 heavy (non-hydrogen) atoms. The van der Waals surface area contributed by atoms with Gasteiger partial charge < -0.3 is 21.4 Å². The topological polar surface area (TPSA) is 113 Å². The Hall–Kier alpha value is -3.87. The first-order valence-corrected chi connectivity index (χ1v) is 7.94. The number of pyridine rings is 1. The standard InChI is InChI=1S/C19H15N5O2/c20-19(26)23-12-4-5-17-14(8-12)15(18(25)24-17)9-13-7-11(10-22-13)16-3-1-2-6-21-16/h1-10,22H,(H,24,25)(H3,20,23,26)/b15-9-. The summed E-state index contributed by atoms with van der Waals surface area (Å²) < 4.78 is 0. The predicted octanol–water partition coefficient (Wildman–Crippen LogP) is 3.06. The lowest BCUT2D eigenvalue weighted by Crippen LogP contribution is -2.19. The molecule has 0 spiro atoms.